The number of allylic oxidation sites excluding steroid dienone is 2. The highest BCUT2D eigenvalue weighted by Gasteiger charge is 2.23. The van der Waals surface area contributed by atoms with Gasteiger partial charge in [0.2, 0.25) is 0 Å². The van der Waals surface area contributed by atoms with Crippen LogP contribution in [0.4, 0.5) is 0 Å². The number of rotatable bonds is 1. The van der Waals surface area contributed by atoms with Crippen molar-refractivity contribution in [2.45, 2.75) is 20.8 Å². The zero-order valence-electron chi connectivity index (χ0n) is 9.01. The minimum absolute atomic E-state index is 0.112. The van der Waals surface area contributed by atoms with Gasteiger partial charge in [0.05, 0.1) is 0 Å². The molecular formula is C11H17NO. The fraction of sp³-hybridized carbons (Fsp3) is 0.545. The van der Waals surface area contributed by atoms with E-state index >= 15 is 0 Å². The molecule has 0 bridgehead atoms. The lowest BCUT2D eigenvalue weighted by Crippen LogP contribution is -2.23. The molecule has 0 N–H and O–H groups in total. The fourth-order valence-corrected chi connectivity index (χ4v) is 1.51. The summed E-state index contributed by atoms with van der Waals surface area (Å²) in [5.74, 6) is 0.542. The van der Waals surface area contributed by atoms with Crippen LogP contribution >= 0.6 is 0 Å². The van der Waals surface area contributed by atoms with Crippen LogP contribution in [0.15, 0.2) is 22.8 Å². The van der Waals surface area contributed by atoms with Gasteiger partial charge in [-0.2, -0.15) is 0 Å². The van der Waals surface area contributed by atoms with Gasteiger partial charge in [0.25, 0.3) is 5.91 Å². The van der Waals surface area contributed by atoms with Gasteiger partial charge in [0.15, 0.2) is 0 Å². The van der Waals surface area contributed by atoms with E-state index in [1.807, 2.05) is 13.0 Å². The van der Waals surface area contributed by atoms with E-state index in [1.165, 1.54) is 11.1 Å². The zero-order chi connectivity index (χ0) is 10.2. The third-order valence-electron chi connectivity index (χ3n) is 2.77. The van der Waals surface area contributed by atoms with Gasteiger partial charge in [-0.1, -0.05) is 18.1 Å². The van der Waals surface area contributed by atoms with E-state index in [4.69, 9.17) is 0 Å². The van der Waals surface area contributed by atoms with Crippen molar-refractivity contribution in [2.24, 2.45) is 5.92 Å². The fourth-order valence-electron chi connectivity index (χ4n) is 1.51. The molecule has 1 aliphatic carbocycles. The Morgan fingerprint density at radius 1 is 1.38 bits per heavy atom. The molecule has 0 heterocycles. The summed E-state index contributed by atoms with van der Waals surface area (Å²) in [7, 11) is 3.57. The topological polar surface area (TPSA) is 20.3 Å². The number of carbonyl (C=O) groups is 1. The predicted octanol–water partition coefficient (Wildman–Crippen LogP) is 1.99. The van der Waals surface area contributed by atoms with Crippen LogP contribution in [0.5, 0.6) is 0 Å². The van der Waals surface area contributed by atoms with Crippen LogP contribution in [0.25, 0.3) is 0 Å². The molecule has 1 atom stereocenters. The van der Waals surface area contributed by atoms with E-state index < -0.39 is 0 Å². The number of hydrogen-bond donors (Lipinski definition) is 0. The highest BCUT2D eigenvalue weighted by atomic mass is 16.2. The third kappa shape index (κ3) is 1.67. The molecule has 0 saturated heterocycles. The molecule has 2 heteroatoms. The average molecular weight is 179 g/mol. The van der Waals surface area contributed by atoms with Gasteiger partial charge in [-0.25, -0.2) is 0 Å². The maximum absolute atomic E-state index is 11.7. The number of likely N-dealkylation sites (N-methyl/N-ethyl adjacent to an activating group) is 1. The molecule has 13 heavy (non-hydrogen) atoms. The highest BCUT2D eigenvalue weighted by Crippen LogP contribution is 2.31. The van der Waals surface area contributed by atoms with E-state index in [-0.39, 0.29) is 5.91 Å². The van der Waals surface area contributed by atoms with E-state index in [1.54, 1.807) is 19.0 Å². The molecule has 0 spiro atoms. The van der Waals surface area contributed by atoms with Gasteiger partial charge >= 0.3 is 0 Å². The first-order valence-electron chi connectivity index (χ1n) is 4.55. The Kier molecular flexibility index (Phi) is 2.60. The summed E-state index contributed by atoms with van der Waals surface area (Å²) in [6.45, 7) is 6.25. The Morgan fingerprint density at radius 3 is 2.23 bits per heavy atom. The Morgan fingerprint density at radius 2 is 1.92 bits per heavy atom. The quantitative estimate of drug-likeness (QED) is 0.602. The number of amides is 1. The molecule has 72 valence electrons. The molecule has 0 aromatic heterocycles. The minimum Gasteiger partial charge on any atom is -0.345 e. The Bertz CT molecular complexity index is 297. The van der Waals surface area contributed by atoms with Crippen molar-refractivity contribution in [3.8, 4) is 0 Å². The predicted molar refractivity (Wildman–Crippen MR) is 54.3 cm³/mol. The van der Waals surface area contributed by atoms with Crippen molar-refractivity contribution in [3.63, 3.8) is 0 Å². The summed E-state index contributed by atoms with van der Waals surface area (Å²) in [6, 6.07) is 0. The van der Waals surface area contributed by atoms with Crippen molar-refractivity contribution in [1.82, 2.24) is 4.90 Å². The SMILES string of the molecule is CC1=CC(C(=O)N(C)C)=C(C)C1C. The van der Waals surface area contributed by atoms with Crippen molar-refractivity contribution in [2.75, 3.05) is 14.1 Å². The second kappa shape index (κ2) is 3.36. The maximum Gasteiger partial charge on any atom is 0.253 e. The van der Waals surface area contributed by atoms with E-state index in [2.05, 4.69) is 13.8 Å². The van der Waals surface area contributed by atoms with Crippen LogP contribution < -0.4 is 0 Å². The lowest BCUT2D eigenvalue weighted by Gasteiger charge is -2.11. The van der Waals surface area contributed by atoms with Crippen LogP contribution in [0.3, 0.4) is 0 Å². The van der Waals surface area contributed by atoms with Crippen LogP contribution in [0, 0.1) is 5.92 Å². The summed E-state index contributed by atoms with van der Waals surface area (Å²) in [4.78, 5) is 13.3. The van der Waals surface area contributed by atoms with Gasteiger partial charge in [-0.05, 0) is 25.8 Å². The van der Waals surface area contributed by atoms with Crippen molar-refractivity contribution in [3.05, 3.63) is 22.8 Å². The number of hydrogen-bond acceptors (Lipinski definition) is 1. The third-order valence-corrected chi connectivity index (χ3v) is 2.77. The molecule has 0 fully saturated rings. The summed E-state index contributed by atoms with van der Waals surface area (Å²) >= 11 is 0. The molecule has 1 amide bonds. The van der Waals surface area contributed by atoms with Crippen molar-refractivity contribution >= 4 is 5.91 Å². The van der Waals surface area contributed by atoms with E-state index in [9.17, 15) is 4.79 Å². The number of carbonyl (C=O) groups excluding carboxylic acids is 1. The van der Waals surface area contributed by atoms with E-state index in [0.717, 1.165) is 5.57 Å². The Labute approximate surface area is 79.9 Å². The molecule has 0 radical (unpaired) electrons. The molecule has 0 aromatic rings. The molecule has 2 nitrogen and oxygen atoms in total. The second-order valence-corrected chi connectivity index (χ2v) is 3.91. The van der Waals surface area contributed by atoms with Crippen LogP contribution in [-0.2, 0) is 4.79 Å². The van der Waals surface area contributed by atoms with Crippen LogP contribution in [0.2, 0.25) is 0 Å². The lowest BCUT2D eigenvalue weighted by molar-refractivity contribution is -0.124. The smallest absolute Gasteiger partial charge is 0.253 e. The normalized spacial score (nSPS) is 21.9. The first kappa shape index (κ1) is 10.0. The molecule has 1 aliphatic rings. The van der Waals surface area contributed by atoms with Gasteiger partial charge in [-0.3, -0.25) is 4.79 Å². The van der Waals surface area contributed by atoms with Gasteiger partial charge in [0.1, 0.15) is 0 Å². The van der Waals surface area contributed by atoms with Gasteiger partial charge in [-0.15, -0.1) is 0 Å². The molecule has 0 saturated carbocycles. The Hall–Kier alpha value is -1.05. The molecule has 1 rings (SSSR count). The molecule has 0 aliphatic heterocycles. The minimum atomic E-state index is 0.112. The second-order valence-electron chi connectivity index (χ2n) is 3.91. The summed E-state index contributed by atoms with van der Waals surface area (Å²) in [5, 5.41) is 0. The van der Waals surface area contributed by atoms with Crippen molar-refractivity contribution < 1.29 is 4.79 Å². The van der Waals surface area contributed by atoms with Gasteiger partial charge < -0.3 is 4.90 Å². The summed E-state index contributed by atoms with van der Waals surface area (Å²) in [6.07, 6.45) is 2.00. The summed E-state index contributed by atoms with van der Waals surface area (Å²) < 4.78 is 0. The maximum atomic E-state index is 11.7. The lowest BCUT2D eigenvalue weighted by atomic mass is 10.00. The molecule has 0 aromatic carbocycles. The number of nitrogens with zero attached hydrogens (tertiary/aromatic N) is 1. The first-order valence-corrected chi connectivity index (χ1v) is 4.55. The van der Waals surface area contributed by atoms with Crippen LogP contribution in [0.1, 0.15) is 20.8 Å². The van der Waals surface area contributed by atoms with Gasteiger partial charge in [0, 0.05) is 19.7 Å². The Balaban J connectivity index is 3.00. The first-order chi connectivity index (χ1) is 5.95. The molecule has 1 unspecified atom stereocenters. The largest absolute Gasteiger partial charge is 0.345 e. The summed E-state index contributed by atoms with van der Waals surface area (Å²) in [5.41, 5.74) is 3.34. The average Bonchev–Trinajstić information content (AvgIpc) is 2.31. The van der Waals surface area contributed by atoms with Crippen molar-refractivity contribution in [1.29, 1.82) is 0 Å². The monoisotopic (exact) mass is 179 g/mol. The zero-order valence-corrected chi connectivity index (χ0v) is 9.01. The highest BCUT2D eigenvalue weighted by molar-refractivity contribution is 5.97. The molecular weight excluding hydrogens is 162 g/mol. The van der Waals surface area contributed by atoms with Crippen LogP contribution in [-0.4, -0.2) is 24.9 Å². The standard InChI is InChI=1S/C11H17NO/c1-7-6-10(9(3)8(7)2)11(13)12(4)5/h6,8H,1-5H3. The van der Waals surface area contributed by atoms with E-state index in [0.29, 0.717) is 5.92 Å².